The number of para-hydroxylation sites is 1. The van der Waals surface area contributed by atoms with Gasteiger partial charge in [-0.15, -0.1) is 5.10 Å². The molecule has 4 aromatic rings. The van der Waals surface area contributed by atoms with Crippen LogP contribution in [0.1, 0.15) is 10.6 Å². The second-order valence-corrected chi connectivity index (χ2v) is 5.65. The lowest BCUT2D eigenvalue weighted by molar-refractivity contribution is 0.0995. The number of nitrogens with one attached hydrogen (secondary N) is 1. The second-order valence-electron chi connectivity index (χ2n) is 4.87. The van der Waals surface area contributed by atoms with Gasteiger partial charge in [0.15, 0.2) is 17.1 Å². The van der Waals surface area contributed by atoms with E-state index < -0.39 is 5.91 Å². The monoisotopic (exact) mass is 341 g/mol. The van der Waals surface area contributed by atoms with Crippen LogP contribution in [-0.4, -0.2) is 23.2 Å². The van der Waals surface area contributed by atoms with Crippen molar-refractivity contribution in [3.63, 3.8) is 0 Å². The summed E-state index contributed by atoms with van der Waals surface area (Å²) in [6.07, 6.45) is 0. The zero-order valence-electron chi connectivity index (χ0n) is 12.5. The minimum absolute atomic E-state index is 0.00798. The van der Waals surface area contributed by atoms with Crippen LogP contribution in [0.4, 0.5) is 6.01 Å². The van der Waals surface area contributed by atoms with Gasteiger partial charge >= 0.3 is 6.01 Å². The minimum Gasteiger partial charge on any atom is -0.493 e. The van der Waals surface area contributed by atoms with E-state index >= 15 is 0 Å². The Labute approximate surface area is 139 Å². The first-order valence-electron chi connectivity index (χ1n) is 6.98. The molecule has 1 N–H and O–H groups in total. The molecule has 0 bridgehead atoms. The van der Waals surface area contributed by atoms with E-state index in [1.54, 1.807) is 19.2 Å². The number of anilines is 1. The van der Waals surface area contributed by atoms with Crippen LogP contribution in [0.2, 0.25) is 0 Å². The molecule has 4 rings (SSSR count). The number of thiophene rings is 1. The van der Waals surface area contributed by atoms with Crippen molar-refractivity contribution in [1.29, 1.82) is 0 Å². The number of furan rings is 1. The largest absolute Gasteiger partial charge is 0.493 e. The quantitative estimate of drug-likeness (QED) is 0.607. The Morgan fingerprint density at radius 3 is 2.96 bits per heavy atom. The van der Waals surface area contributed by atoms with E-state index in [2.05, 4.69) is 15.5 Å². The van der Waals surface area contributed by atoms with Crippen LogP contribution in [0.5, 0.6) is 5.75 Å². The second kappa shape index (κ2) is 5.82. The first-order valence-corrected chi connectivity index (χ1v) is 7.93. The number of carbonyl (C=O) groups excluding carboxylic acids is 1. The lowest BCUT2D eigenvalue weighted by atomic mass is 10.2. The van der Waals surface area contributed by atoms with Gasteiger partial charge < -0.3 is 13.6 Å². The third kappa shape index (κ3) is 2.52. The number of amides is 1. The SMILES string of the molecule is COc1cccc2cc(C(=O)Nc3nnc(-c4ccsc4)o3)oc12. The average molecular weight is 341 g/mol. The molecule has 0 saturated carbocycles. The molecule has 0 aliphatic carbocycles. The molecule has 0 fully saturated rings. The fourth-order valence-corrected chi connectivity index (χ4v) is 2.87. The highest BCUT2D eigenvalue weighted by Gasteiger charge is 2.18. The number of aromatic nitrogens is 2. The molecule has 0 unspecified atom stereocenters. The van der Waals surface area contributed by atoms with Gasteiger partial charge in [-0.25, -0.2) is 0 Å². The lowest BCUT2D eigenvalue weighted by Crippen LogP contribution is -2.10. The number of nitrogens with zero attached hydrogens (tertiary/aromatic N) is 2. The van der Waals surface area contributed by atoms with Gasteiger partial charge in [-0.1, -0.05) is 17.2 Å². The van der Waals surface area contributed by atoms with Crippen molar-refractivity contribution in [3.8, 4) is 17.2 Å². The topological polar surface area (TPSA) is 90.4 Å². The third-order valence-electron chi connectivity index (χ3n) is 3.37. The highest BCUT2D eigenvalue weighted by atomic mass is 32.1. The Balaban J connectivity index is 1.58. The molecular weight excluding hydrogens is 330 g/mol. The number of ether oxygens (including phenoxy) is 1. The number of hydrogen-bond acceptors (Lipinski definition) is 7. The van der Waals surface area contributed by atoms with Crippen LogP contribution < -0.4 is 10.1 Å². The van der Waals surface area contributed by atoms with E-state index in [4.69, 9.17) is 13.6 Å². The Morgan fingerprint density at radius 2 is 2.17 bits per heavy atom. The summed E-state index contributed by atoms with van der Waals surface area (Å²) in [6.45, 7) is 0. The average Bonchev–Trinajstić information content (AvgIpc) is 3.33. The summed E-state index contributed by atoms with van der Waals surface area (Å²) in [4.78, 5) is 12.3. The van der Waals surface area contributed by atoms with Gasteiger partial charge in [-0.05, 0) is 23.6 Å². The highest BCUT2D eigenvalue weighted by Crippen LogP contribution is 2.29. The molecule has 1 amide bonds. The maximum atomic E-state index is 12.3. The smallest absolute Gasteiger partial charge is 0.322 e. The summed E-state index contributed by atoms with van der Waals surface area (Å²) < 4.78 is 16.2. The maximum absolute atomic E-state index is 12.3. The molecular formula is C16H11N3O4S. The molecule has 1 aromatic carbocycles. The number of methoxy groups -OCH3 is 1. The van der Waals surface area contributed by atoms with Crippen molar-refractivity contribution >= 4 is 34.2 Å². The van der Waals surface area contributed by atoms with E-state index in [-0.39, 0.29) is 11.8 Å². The molecule has 7 nitrogen and oxygen atoms in total. The molecule has 0 atom stereocenters. The normalized spacial score (nSPS) is 10.9. The Kier molecular flexibility index (Phi) is 3.51. The van der Waals surface area contributed by atoms with Gasteiger partial charge in [0.05, 0.1) is 7.11 Å². The molecule has 0 aliphatic heterocycles. The van der Waals surface area contributed by atoms with E-state index in [0.29, 0.717) is 17.2 Å². The summed E-state index contributed by atoms with van der Waals surface area (Å²) in [5.74, 6) is 0.556. The zero-order valence-corrected chi connectivity index (χ0v) is 13.3. The summed E-state index contributed by atoms with van der Waals surface area (Å²) in [5, 5.41) is 14.8. The van der Waals surface area contributed by atoms with Crippen LogP contribution in [-0.2, 0) is 0 Å². The summed E-state index contributed by atoms with van der Waals surface area (Å²) in [6, 6.07) is 8.91. The van der Waals surface area contributed by atoms with Gasteiger partial charge in [0.1, 0.15) is 0 Å². The van der Waals surface area contributed by atoms with Gasteiger partial charge in [0.25, 0.3) is 11.8 Å². The molecule has 24 heavy (non-hydrogen) atoms. The summed E-state index contributed by atoms with van der Waals surface area (Å²) in [5.41, 5.74) is 1.32. The zero-order chi connectivity index (χ0) is 16.5. The maximum Gasteiger partial charge on any atom is 0.322 e. The number of rotatable bonds is 4. The van der Waals surface area contributed by atoms with E-state index in [0.717, 1.165) is 10.9 Å². The molecule has 3 aromatic heterocycles. The summed E-state index contributed by atoms with van der Waals surface area (Å²) in [7, 11) is 1.54. The van der Waals surface area contributed by atoms with Crippen LogP contribution >= 0.6 is 11.3 Å². The Hall–Kier alpha value is -3.13. The molecule has 0 spiro atoms. The van der Waals surface area contributed by atoms with Gasteiger partial charge in [-0.3, -0.25) is 10.1 Å². The van der Waals surface area contributed by atoms with E-state index in [9.17, 15) is 4.79 Å². The van der Waals surface area contributed by atoms with Gasteiger partial charge in [0, 0.05) is 16.3 Å². The van der Waals surface area contributed by atoms with Crippen LogP contribution in [0.25, 0.3) is 22.4 Å². The van der Waals surface area contributed by atoms with E-state index in [1.165, 1.54) is 11.3 Å². The Bertz CT molecular complexity index is 1000. The fourth-order valence-electron chi connectivity index (χ4n) is 2.24. The fraction of sp³-hybridized carbons (Fsp3) is 0.0625. The van der Waals surface area contributed by atoms with Crippen molar-refractivity contribution in [2.45, 2.75) is 0 Å². The molecule has 8 heteroatoms. The summed E-state index contributed by atoms with van der Waals surface area (Å²) >= 11 is 1.52. The van der Waals surface area contributed by atoms with Crippen LogP contribution in [0.15, 0.2) is 49.9 Å². The van der Waals surface area contributed by atoms with Crippen molar-refractivity contribution in [2.24, 2.45) is 0 Å². The van der Waals surface area contributed by atoms with Crippen molar-refractivity contribution < 1.29 is 18.4 Å². The number of fused-ring (bicyclic) bond motifs is 1. The standard InChI is InChI=1S/C16H11N3O4S/c1-21-11-4-2-3-9-7-12(22-13(9)11)14(20)17-16-19-18-15(23-16)10-5-6-24-8-10/h2-8H,1H3,(H,17,19,20). The van der Waals surface area contributed by atoms with Crippen LogP contribution in [0, 0.1) is 0 Å². The van der Waals surface area contributed by atoms with Crippen LogP contribution in [0.3, 0.4) is 0 Å². The molecule has 0 saturated heterocycles. The first-order chi connectivity index (χ1) is 11.7. The highest BCUT2D eigenvalue weighted by molar-refractivity contribution is 7.08. The van der Waals surface area contributed by atoms with Crippen molar-refractivity contribution in [1.82, 2.24) is 10.2 Å². The van der Waals surface area contributed by atoms with Gasteiger partial charge in [-0.2, -0.15) is 11.3 Å². The predicted molar refractivity (Wildman–Crippen MR) is 88.3 cm³/mol. The molecule has 0 aliphatic rings. The predicted octanol–water partition coefficient (Wildman–Crippen LogP) is 3.81. The van der Waals surface area contributed by atoms with E-state index in [1.807, 2.05) is 29.0 Å². The number of benzene rings is 1. The van der Waals surface area contributed by atoms with Gasteiger partial charge in [0.2, 0.25) is 0 Å². The number of hydrogen-bond donors (Lipinski definition) is 1. The third-order valence-corrected chi connectivity index (χ3v) is 4.05. The molecule has 3 heterocycles. The minimum atomic E-state index is -0.478. The number of carbonyl (C=O) groups is 1. The molecule has 0 radical (unpaired) electrons. The van der Waals surface area contributed by atoms with Crippen molar-refractivity contribution in [3.05, 3.63) is 46.9 Å². The first kappa shape index (κ1) is 14.5. The molecule has 120 valence electrons. The van der Waals surface area contributed by atoms with Crippen molar-refractivity contribution in [2.75, 3.05) is 12.4 Å². The Morgan fingerprint density at radius 1 is 1.25 bits per heavy atom. The lowest BCUT2D eigenvalue weighted by Gasteiger charge is -1.98.